The number of phenols is 1. The molecular weight excluding hydrogens is 208 g/mol. The second-order valence-electron chi connectivity index (χ2n) is 3.14. The third-order valence-electron chi connectivity index (χ3n) is 1.93. The van der Waals surface area contributed by atoms with E-state index in [-0.39, 0.29) is 29.2 Å². The van der Waals surface area contributed by atoms with Crippen molar-refractivity contribution in [1.82, 2.24) is 0 Å². The Labute approximate surface area is 92.3 Å². The quantitative estimate of drug-likeness (QED) is 0.593. The molecule has 0 aliphatic rings. The molecule has 0 saturated heterocycles. The van der Waals surface area contributed by atoms with Crippen LogP contribution in [0.1, 0.15) is 23.7 Å². The lowest BCUT2D eigenvalue weighted by molar-refractivity contribution is -0.115. The van der Waals surface area contributed by atoms with Gasteiger partial charge in [0.15, 0.2) is 5.78 Å². The van der Waals surface area contributed by atoms with Crippen molar-refractivity contribution in [2.75, 3.05) is 5.32 Å². The standard InChI is InChI=1S/C11H10N2O3/c1-7(14)8-3-2-4-9(15)11(8)13-10(16)5-6-12/h2-4,15H,5H2,1H3,(H,13,16). The van der Waals surface area contributed by atoms with E-state index >= 15 is 0 Å². The Morgan fingerprint density at radius 1 is 1.50 bits per heavy atom. The van der Waals surface area contributed by atoms with Crippen LogP contribution in [0, 0.1) is 11.3 Å². The van der Waals surface area contributed by atoms with Gasteiger partial charge in [0.2, 0.25) is 5.91 Å². The minimum Gasteiger partial charge on any atom is -0.506 e. The molecule has 1 amide bonds. The van der Waals surface area contributed by atoms with E-state index in [4.69, 9.17) is 5.26 Å². The molecule has 1 aromatic carbocycles. The van der Waals surface area contributed by atoms with Gasteiger partial charge < -0.3 is 10.4 Å². The third-order valence-corrected chi connectivity index (χ3v) is 1.93. The summed E-state index contributed by atoms with van der Waals surface area (Å²) in [5.74, 6) is -1.03. The van der Waals surface area contributed by atoms with Crippen LogP contribution in [0.2, 0.25) is 0 Å². The number of benzene rings is 1. The second-order valence-corrected chi connectivity index (χ2v) is 3.14. The van der Waals surface area contributed by atoms with Crippen molar-refractivity contribution in [2.45, 2.75) is 13.3 Å². The number of aromatic hydroxyl groups is 1. The number of para-hydroxylation sites is 1. The number of hydrogen-bond acceptors (Lipinski definition) is 4. The minimum atomic E-state index is -0.563. The molecule has 82 valence electrons. The largest absolute Gasteiger partial charge is 0.506 e. The van der Waals surface area contributed by atoms with Gasteiger partial charge in [0, 0.05) is 5.56 Å². The maximum atomic E-state index is 11.2. The fourth-order valence-electron chi connectivity index (χ4n) is 1.22. The van der Waals surface area contributed by atoms with Gasteiger partial charge in [-0.05, 0) is 19.1 Å². The van der Waals surface area contributed by atoms with Gasteiger partial charge in [-0.2, -0.15) is 5.26 Å². The SMILES string of the molecule is CC(=O)c1cccc(O)c1NC(=O)CC#N. The molecule has 5 nitrogen and oxygen atoms in total. The number of nitriles is 1. The Bertz CT molecular complexity index is 475. The molecule has 0 radical (unpaired) electrons. The first-order valence-corrected chi connectivity index (χ1v) is 4.56. The first-order chi connectivity index (χ1) is 7.56. The Kier molecular flexibility index (Phi) is 3.62. The number of anilines is 1. The summed E-state index contributed by atoms with van der Waals surface area (Å²) < 4.78 is 0. The molecule has 0 spiro atoms. The van der Waals surface area contributed by atoms with Crippen LogP contribution in [-0.4, -0.2) is 16.8 Å². The van der Waals surface area contributed by atoms with E-state index in [0.29, 0.717) is 0 Å². The van der Waals surface area contributed by atoms with Gasteiger partial charge in [0.25, 0.3) is 0 Å². The van der Waals surface area contributed by atoms with Gasteiger partial charge in [-0.3, -0.25) is 9.59 Å². The number of carbonyl (C=O) groups is 2. The summed E-state index contributed by atoms with van der Waals surface area (Å²) in [6, 6.07) is 6.03. The summed E-state index contributed by atoms with van der Waals surface area (Å²) in [6.07, 6.45) is -0.328. The molecule has 0 aliphatic heterocycles. The normalized spacial score (nSPS) is 9.25. The Morgan fingerprint density at radius 2 is 2.19 bits per heavy atom. The second kappa shape index (κ2) is 4.94. The number of ketones is 1. The highest BCUT2D eigenvalue weighted by Gasteiger charge is 2.13. The van der Waals surface area contributed by atoms with Crippen molar-refractivity contribution < 1.29 is 14.7 Å². The van der Waals surface area contributed by atoms with Gasteiger partial charge in [0.05, 0.1) is 11.8 Å². The number of phenolic OH excluding ortho intramolecular Hbond substituents is 1. The van der Waals surface area contributed by atoms with Crippen LogP contribution < -0.4 is 5.32 Å². The molecule has 0 unspecified atom stereocenters. The Hall–Kier alpha value is -2.35. The monoisotopic (exact) mass is 218 g/mol. The van der Waals surface area contributed by atoms with E-state index < -0.39 is 5.91 Å². The third kappa shape index (κ3) is 2.58. The summed E-state index contributed by atoms with van der Waals surface area (Å²) >= 11 is 0. The lowest BCUT2D eigenvalue weighted by Crippen LogP contribution is -2.13. The molecule has 1 aromatic rings. The van der Waals surface area contributed by atoms with E-state index in [9.17, 15) is 14.7 Å². The molecule has 0 aliphatic carbocycles. The van der Waals surface area contributed by atoms with Crippen LogP contribution in [0.3, 0.4) is 0 Å². The highest BCUT2D eigenvalue weighted by Crippen LogP contribution is 2.27. The minimum absolute atomic E-state index is 0.0512. The van der Waals surface area contributed by atoms with Crippen LogP contribution in [0.25, 0.3) is 0 Å². The van der Waals surface area contributed by atoms with Crippen LogP contribution in [0.5, 0.6) is 5.75 Å². The maximum Gasteiger partial charge on any atom is 0.238 e. The molecule has 5 heteroatoms. The summed E-state index contributed by atoms with van der Waals surface area (Å²) in [5, 5.41) is 20.2. The summed E-state index contributed by atoms with van der Waals surface area (Å²) in [5.41, 5.74) is 0.265. The van der Waals surface area contributed by atoms with Gasteiger partial charge in [-0.25, -0.2) is 0 Å². The van der Waals surface area contributed by atoms with Crippen molar-refractivity contribution in [3.63, 3.8) is 0 Å². The summed E-state index contributed by atoms with van der Waals surface area (Å²) in [6.45, 7) is 1.33. The van der Waals surface area contributed by atoms with Crippen LogP contribution in [-0.2, 0) is 4.79 Å². The smallest absolute Gasteiger partial charge is 0.238 e. The molecule has 1 rings (SSSR count). The van der Waals surface area contributed by atoms with Crippen molar-refractivity contribution in [3.05, 3.63) is 23.8 Å². The van der Waals surface area contributed by atoms with Gasteiger partial charge >= 0.3 is 0 Å². The predicted molar refractivity (Wildman–Crippen MR) is 57.0 cm³/mol. The fraction of sp³-hybridized carbons (Fsp3) is 0.182. The van der Waals surface area contributed by atoms with Crippen molar-refractivity contribution in [1.29, 1.82) is 5.26 Å². The average molecular weight is 218 g/mol. The molecule has 0 aromatic heterocycles. The number of rotatable bonds is 3. The number of Topliss-reactive ketones (excluding diaryl/α,β-unsaturated/α-hetero) is 1. The van der Waals surface area contributed by atoms with Crippen LogP contribution in [0.4, 0.5) is 5.69 Å². The zero-order valence-corrected chi connectivity index (χ0v) is 8.65. The van der Waals surface area contributed by atoms with Gasteiger partial charge in [-0.1, -0.05) is 6.07 Å². The Balaban J connectivity index is 3.07. The molecule has 16 heavy (non-hydrogen) atoms. The van der Waals surface area contributed by atoms with Gasteiger partial charge in [-0.15, -0.1) is 0 Å². The maximum absolute atomic E-state index is 11.2. The van der Waals surface area contributed by atoms with E-state index in [2.05, 4.69) is 5.32 Å². The van der Waals surface area contributed by atoms with Gasteiger partial charge in [0.1, 0.15) is 12.2 Å². The summed E-state index contributed by atoms with van der Waals surface area (Å²) in [7, 11) is 0. The van der Waals surface area contributed by atoms with E-state index in [1.807, 2.05) is 0 Å². The van der Waals surface area contributed by atoms with Crippen molar-refractivity contribution in [3.8, 4) is 11.8 Å². The molecule has 2 N–H and O–H groups in total. The zero-order valence-electron chi connectivity index (χ0n) is 8.65. The lowest BCUT2D eigenvalue weighted by atomic mass is 10.1. The highest BCUT2D eigenvalue weighted by molar-refractivity contribution is 6.05. The highest BCUT2D eigenvalue weighted by atomic mass is 16.3. The van der Waals surface area contributed by atoms with Crippen molar-refractivity contribution in [2.24, 2.45) is 0 Å². The number of carbonyl (C=O) groups excluding carboxylic acids is 2. The molecule has 0 fully saturated rings. The first-order valence-electron chi connectivity index (χ1n) is 4.56. The van der Waals surface area contributed by atoms with E-state index in [0.717, 1.165) is 0 Å². The molecule has 0 atom stereocenters. The average Bonchev–Trinajstić information content (AvgIpc) is 2.21. The molecule has 0 saturated carbocycles. The number of nitrogens with one attached hydrogen (secondary N) is 1. The molecule has 0 bridgehead atoms. The van der Waals surface area contributed by atoms with Crippen LogP contribution >= 0.6 is 0 Å². The zero-order chi connectivity index (χ0) is 12.1. The first kappa shape index (κ1) is 11.7. The summed E-state index contributed by atoms with van der Waals surface area (Å²) in [4.78, 5) is 22.4. The number of hydrogen-bond donors (Lipinski definition) is 2. The Morgan fingerprint density at radius 3 is 2.75 bits per heavy atom. The topological polar surface area (TPSA) is 90.2 Å². The van der Waals surface area contributed by atoms with Crippen LogP contribution in [0.15, 0.2) is 18.2 Å². The fourth-order valence-corrected chi connectivity index (χ4v) is 1.22. The van der Waals surface area contributed by atoms with Crippen molar-refractivity contribution >= 4 is 17.4 Å². The molecular formula is C11H10N2O3. The number of nitrogens with zero attached hydrogens (tertiary/aromatic N) is 1. The number of amides is 1. The van der Waals surface area contributed by atoms with E-state index in [1.54, 1.807) is 6.07 Å². The molecule has 0 heterocycles. The lowest BCUT2D eigenvalue weighted by Gasteiger charge is -2.09. The van der Waals surface area contributed by atoms with E-state index in [1.165, 1.54) is 25.1 Å². The predicted octanol–water partition coefficient (Wildman–Crippen LogP) is 1.45.